The Kier molecular flexibility index (Phi) is 4.94. The molecule has 0 unspecified atom stereocenters. The number of rotatable bonds is 5. The number of ether oxygens (including phenoxy) is 1. The zero-order valence-corrected chi connectivity index (χ0v) is 13.6. The van der Waals surface area contributed by atoms with Crippen LogP contribution in [-0.4, -0.2) is 33.6 Å². The van der Waals surface area contributed by atoms with Crippen LogP contribution < -0.4 is 0 Å². The molecule has 26 heavy (non-hydrogen) atoms. The summed E-state index contributed by atoms with van der Waals surface area (Å²) in [4.78, 5) is 28.1. The number of nitrogens with zero attached hydrogens (tertiary/aromatic N) is 1. The molecule has 1 aromatic heterocycles. The molecule has 130 valence electrons. The summed E-state index contributed by atoms with van der Waals surface area (Å²) in [5, 5.41) is 19.8. The van der Waals surface area contributed by atoms with Crippen molar-refractivity contribution in [2.45, 2.75) is 0 Å². The van der Waals surface area contributed by atoms with E-state index >= 15 is 0 Å². The number of para-hydroxylation sites is 1. The smallest absolute Gasteiger partial charge is 0.331 e. The first-order valence-electron chi connectivity index (χ1n) is 7.78. The standard InChI is InChI=1S/C20H15NO5/c22-15-7-8-16(17(23)11-15)18(24)12-26-19(25)9-6-14-4-1-3-13-5-2-10-21-20(13)14/h1-11,22-23H,12H2. The maximum Gasteiger partial charge on any atom is 0.331 e. The molecule has 2 aromatic carbocycles. The number of Topliss-reactive ketones (excluding diaryl/α,β-unsaturated/α-hetero) is 1. The number of ketones is 1. The number of benzene rings is 2. The predicted molar refractivity (Wildman–Crippen MR) is 95.8 cm³/mol. The molecule has 0 saturated carbocycles. The van der Waals surface area contributed by atoms with E-state index in [0.717, 1.165) is 22.5 Å². The molecule has 3 rings (SSSR count). The van der Waals surface area contributed by atoms with Crippen molar-refractivity contribution in [3.63, 3.8) is 0 Å². The highest BCUT2D eigenvalue weighted by Crippen LogP contribution is 2.23. The summed E-state index contributed by atoms with van der Waals surface area (Å²) < 4.78 is 4.91. The molecule has 6 heteroatoms. The van der Waals surface area contributed by atoms with Crippen LogP contribution in [0.2, 0.25) is 0 Å². The van der Waals surface area contributed by atoms with E-state index in [1.165, 1.54) is 18.2 Å². The molecule has 0 spiro atoms. The average molecular weight is 349 g/mol. The Morgan fingerprint density at radius 2 is 1.88 bits per heavy atom. The minimum atomic E-state index is -0.690. The molecule has 0 saturated heterocycles. The molecular weight excluding hydrogens is 334 g/mol. The lowest BCUT2D eigenvalue weighted by Crippen LogP contribution is -2.12. The number of hydrogen-bond donors (Lipinski definition) is 2. The lowest BCUT2D eigenvalue weighted by Gasteiger charge is -2.05. The topological polar surface area (TPSA) is 96.7 Å². The van der Waals surface area contributed by atoms with Gasteiger partial charge in [-0.3, -0.25) is 9.78 Å². The Hall–Kier alpha value is -3.67. The van der Waals surface area contributed by atoms with Crippen LogP contribution in [0.1, 0.15) is 15.9 Å². The molecule has 1 heterocycles. The molecule has 0 fully saturated rings. The fourth-order valence-corrected chi connectivity index (χ4v) is 2.44. The van der Waals surface area contributed by atoms with Crippen LogP contribution in [0.25, 0.3) is 17.0 Å². The summed E-state index contributed by atoms with van der Waals surface area (Å²) in [7, 11) is 0. The molecule has 0 bridgehead atoms. The number of hydrogen-bond acceptors (Lipinski definition) is 6. The molecule has 0 amide bonds. The number of aromatic nitrogens is 1. The van der Waals surface area contributed by atoms with Gasteiger partial charge in [0.05, 0.1) is 11.1 Å². The van der Waals surface area contributed by atoms with Crippen molar-refractivity contribution in [3.8, 4) is 11.5 Å². The van der Waals surface area contributed by atoms with Crippen molar-refractivity contribution in [2.75, 3.05) is 6.61 Å². The Bertz CT molecular complexity index is 1000. The van der Waals surface area contributed by atoms with Crippen molar-refractivity contribution in [1.29, 1.82) is 0 Å². The minimum Gasteiger partial charge on any atom is -0.508 e. The van der Waals surface area contributed by atoms with Crippen molar-refractivity contribution >= 4 is 28.7 Å². The largest absolute Gasteiger partial charge is 0.508 e. The van der Waals surface area contributed by atoms with Gasteiger partial charge in [-0.15, -0.1) is 0 Å². The van der Waals surface area contributed by atoms with E-state index in [2.05, 4.69) is 4.98 Å². The second kappa shape index (κ2) is 7.48. The zero-order chi connectivity index (χ0) is 18.5. The summed E-state index contributed by atoms with van der Waals surface area (Å²) in [6.45, 7) is -0.519. The van der Waals surface area contributed by atoms with Crippen LogP contribution in [-0.2, 0) is 9.53 Å². The number of phenols is 2. The van der Waals surface area contributed by atoms with Gasteiger partial charge in [-0.2, -0.15) is 0 Å². The van der Waals surface area contributed by atoms with Crippen molar-refractivity contribution in [1.82, 2.24) is 4.98 Å². The minimum absolute atomic E-state index is 0.0298. The van der Waals surface area contributed by atoms with Crippen LogP contribution in [0, 0.1) is 0 Å². The average Bonchev–Trinajstić information content (AvgIpc) is 2.64. The van der Waals surface area contributed by atoms with E-state index in [4.69, 9.17) is 4.74 Å². The monoisotopic (exact) mass is 349 g/mol. The highest BCUT2D eigenvalue weighted by atomic mass is 16.5. The molecule has 0 aliphatic carbocycles. The third kappa shape index (κ3) is 3.87. The zero-order valence-electron chi connectivity index (χ0n) is 13.6. The molecule has 0 aliphatic heterocycles. The molecular formula is C20H15NO5. The van der Waals surface area contributed by atoms with E-state index in [1.807, 2.05) is 30.3 Å². The van der Waals surface area contributed by atoms with Crippen molar-refractivity contribution in [3.05, 3.63) is 71.9 Å². The molecule has 6 nitrogen and oxygen atoms in total. The van der Waals surface area contributed by atoms with Crippen LogP contribution in [0.4, 0.5) is 0 Å². The Morgan fingerprint density at radius 3 is 2.69 bits per heavy atom. The molecule has 0 atom stereocenters. The number of pyridine rings is 1. The van der Waals surface area contributed by atoms with E-state index < -0.39 is 18.4 Å². The van der Waals surface area contributed by atoms with Gasteiger partial charge in [0.1, 0.15) is 11.5 Å². The summed E-state index contributed by atoms with van der Waals surface area (Å²) >= 11 is 0. The fourth-order valence-electron chi connectivity index (χ4n) is 2.44. The second-order valence-corrected chi connectivity index (χ2v) is 5.49. The highest BCUT2D eigenvalue weighted by Gasteiger charge is 2.13. The molecule has 3 aromatic rings. The predicted octanol–water partition coefficient (Wildman–Crippen LogP) is 3.09. The van der Waals surface area contributed by atoms with Gasteiger partial charge in [0.2, 0.25) is 5.78 Å². The molecule has 0 aliphatic rings. The van der Waals surface area contributed by atoms with Crippen LogP contribution in [0.15, 0.2) is 60.8 Å². The van der Waals surface area contributed by atoms with E-state index in [1.54, 1.807) is 12.3 Å². The lowest BCUT2D eigenvalue weighted by atomic mass is 10.1. The quantitative estimate of drug-likeness (QED) is 0.417. The van der Waals surface area contributed by atoms with Gasteiger partial charge in [-0.1, -0.05) is 24.3 Å². The maximum atomic E-state index is 12.0. The van der Waals surface area contributed by atoms with Gasteiger partial charge in [0, 0.05) is 29.3 Å². The summed E-state index contributed by atoms with van der Waals surface area (Å²) in [5.41, 5.74) is 1.48. The summed E-state index contributed by atoms with van der Waals surface area (Å²) in [5.74, 6) is -1.80. The van der Waals surface area contributed by atoms with Gasteiger partial charge < -0.3 is 14.9 Å². The van der Waals surface area contributed by atoms with Gasteiger partial charge >= 0.3 is 5.97 Å². The van der Waals surface area contributed by atoms with E-state index in [0.29, 0.717) is 0 Å². The van der Waals surface area contributed by atoms with Gasteiger partial charge in [0.25, 0.3) is 0 Å². The summed E-state index contributed by atoms with van der Waals surface area (Å²) in [6.07, 6.45) is 4.45. The normalized spacial score (nSPS) is 10.9. The Labute approximate surface area is 149 Å². The first kappa shape index (κ1) is 17.2. The van der Waals surface area contributed by atoms with Crippen LogP contribution >= 0.6 is 0 Å². The van der Waals surface area contributed by atoms with Crippen molar-refractivity contribution < 1.29 is 24.5 Å². The third-order valence-corrected chi connectivity index (χ3v) is 3.69. The highest BCUT2D eigenvalue weighted by molar-refractivity contribution is 6.01. The van der Waals surface area contributed by atoms with Crippen LogP contribution in [0.5, 0.6) is 11.5 Å². The molecule has 0 radical (unpaired) electrons. The summed E-state index contributed by atoms with van der Waals surface area (Å²) in [6, 6.07) is 12.9. The fraction of sp³-hybridized carbons (Fsp3) is 0.0500. The van der Waals surface area contributed by atoms with Gasteiger partial charge in [0.15, 0.2) is 6.61 Å². The van der Waals surface area contributed by atoms with Crippen molar-refractivity contribution in [2.24, 2.45) is 0 Å². The SMILES string of the molecule is O=C(C=Cc1cccc2cccnc12)OCC(=O)c1ccc(O)cc1O. The van der Waals surface area contributed by atoms with Gasteiger partial charge in [-0.25, -0.2) is 4.79 Å². The number of aromatic hydroxyl groups is 2. The lowest BCUT2D eigenvalue weighted by molar-refractivity contribution is -0.136. The molecule has 2 N–H and O–H groups in total. The van der Waals surface area contributed by atoms with Crippen LogP contribution in [0.3, 0.4) is 0 Å². The number of fused-ring (bicyclic) bond motifs is 1. The second-order valence-electron chi connectivity index (χ2n) is 5.49. The van der Waals surface area contributed by atoms with E-state index in [-0.39, 0.29) is 17.1 Å². The number of carbonyl (C=O) groups excluding carboxylic acids is 2. The number of esters is 1. The first-order valence-corrected chi connectivity index (χ1v) is 7.78. The maximum absolute atomic E-state index is 12.0. The number of phenolic OH excluding ortho intramolecular Hbond substituents is 2. The Balaban J connectivity index is 1.65. The van der Waals surface area contributed by atoms with E-state index in [9.17, 15) is 19.8 Å². The first-order chi connectivity index (χ1) is 12.5. The number of carbonyl (C=O) groups is 2. The Morgan fingerprint density at radius 1 is 1.08 bits per heavy atom. The van der Waals surface area contributed by atoms with Gasteiger partial charge in [-0.05, 0) is 24.3 Å². The third-order valence-electron chi connectivity index (χ3n) is 3.69.